The van der Waals surface area contributed by atoms with E-state index in [0.717, 1.165) is 0 Å². The summed E-state index contributed by atoms with van der Waals surface area (Å²) in [5.41, 5.74) is 6.36. The normalized spacial score (nSPS) is 14.2. The van der Waals surface area contributed by atoms with Gasteiger partial charge in [-0.3, -0.25) is 14.5 Å². The van der Waals surface area contributed by atoms with Crippen LogP contribution < -0.4 is 5.73 Å². The monoisotopic (exact) mass is 340 g/mol. The molecule has 2 amide bonds. The standard InChI is InChI=1S/C11H12N2O2.C5H12O2.C2H6.H2/c1-7(12)6-13-10(14)8-4-2-3-5-9(8)11(13)15;1-5(2,3)7-6-4;1-2;/h2-5,7H,6,12H2,1H3;1-4H3;1-2H3;1H/t7-;;;/m0.../s1. The third-order valence-electron chi connectivity index (χ3n) is 2.68. The van der Waals surface area contributed by atoms with Crippen molar-refractivity contribution in [2.45, 2.75) is 53.2 Å². The molecule has 1 aromatic rings. The van der Waals surface area contributed by atoms with Gasteiger partial charge in [-0.1, -0.05) is 26.0 Å². The Balaban J connectivity index is 0. The molecule has 24 heavy (non-hydrogen) atoms. The van der Waals surface area contributed by atoms with E-state index in [0.29, 0.717) is 11.1 Å². The van der Waals surface area contributed by atoms with E-state index in [1.807, 2.05) is 34.6 Å². The van der Waals surface area contributed by atoms with Crippen molar-refractivity contribution in [1.82, 2.24) is 4.90 Å². The summed E-state index contributed by atoms with van der Waals surface area (Å²) >= 11 is 0. The third kappa shape index (κ3) is 6.78. The average molecular weight is 340 g/mol. The second kappa shape index (κ2) is 10.2. The lowest BCUT2D eigenvalue weighted by molar-refractivity contribution is -0.330. The van der Waals surface area contributed by atoms with Crippen molar-refractivity contribution >= 4 is 11.8 Å². The molecule has 0 radical (unpaired) electrons. The van der Waals surface area contributed by atoms with E-state index in [-0.39, 0.29) is 31.4 Å². The molecule has 0 saturated heterocycles. The van der Waals surface area contributed by atoms with E-state index in [9.17, 15) is 9.59 Å². The van der Waals surface area contributed by atoms with E-state index in [2.05, 4.69) is 4.89 Å². The smallest absolute Gasteiger partial charge is 0.261 e. The lowest BCUT2D eigenvalue weighted by Crippen LogP contribution is -2.39. The van der Waals surface area contributed by atoms with Crippen LogP contribution in [0.3, 0.4) is 0 Å². The molecule has 1 aliphatic rings. The number of nitrogens with two attached hydrogens (primary N) is 1. The molecule has 2 rings (SSSR count). The number of hydrogen-bond acceptors (Lipinski definition) is 5. The highest BCUT2D eigenvalue weighted by Gasteiger charge is 2.35. The molecule has 0 saturated carbocycles. The molecule has 0 bridgehead atoms. The number of carbonyl (C=O) groups is 2. The lowest BCUT2D eigenvalue weighted by atomic mass is 10.1. The van der Waals surface area contributed by atoms with Crippen molar-refractivity contribution in [3.8, 4) is 0 Å². The quantitative estimate of drug-likeness (QED) is 0.519. The average Bonchev–Trinajstić information content (AvgIpc) is 2.74. The second-order valence-corrected chi connectivity index (χ2v) is 6.11. The first-order valence-electron chi connectivity index (χ1n) is 8.10. The van der Waals surface area contributed by atoms with Gasteiger partial charge in [0.05, 0.1) is 23.8 Å². The predicted molar refractivity (Wildman–Crippen MR) is 96.8 cm³/mol. The number of imide groups is 1. The van der Waals surface area contributed by atoms with Crippen molar-refractivity contribution in [3.05, 3.63) is 35.4 Å². The van der Waals surface area contributed by atoms with Gasteiger partial charge in [-0.25, -0.2) is 9.78 Å². The Morgan fingerprint density at radius 1 is 1.12 bits per heavy atom. The van der Waals surface area contributed by atoms with Gasteiger partial charge >= 0.3 is 0 Å². The van der Waals surface area contributed by atoms with Crippen LogP contribution in [0, 0.1) is 0 Å². The first-order chi connectivity index (χ1) is 11.2. The molecule has 0 fully saturated rings. The van der Waals surface area contributed by atoms with Gasteiger partial charge in [0.2, 0.25) is 0 Å². The van der Waals surface area contributed by atoms with E-state index in [1.165, 1.54) is 12.0 Å². The van der Waals surface area contributed by atoms with E-state index in [1.54, 1.807) is 31.2 Å². The van der Waals surface area contributed by atoms with Crippen molar-refractivity contribution in [2.75, 3.05) is 13.7 Å². The van der Waals surface area contributed by atoms with Crippen LogP contribution in [0.25, 0.3) is 0 Å². The maximum atomic E-state index is 11.8. The summed E-state index contributed by atoms with van der Waals surface area (Å²) in [6.07, 6.45) is 0. The minimum Gasteiger partial charge on any atom is -0.326 e. The molecule has 6 heteroatoms. The Labute approximate surface area is 146 Å². The van der Waals surface area contributed by atoms with Crippen molar-refractivity contribution in [2.24, 2.45) is 5.73 Å². The summed E-state index contributed by atoms with van der Waals surface area (Å²) in [5, 5.41) is 0. The molecule has 1 aliphatic heterocycles. The number of nitrogens with zero attached hydrogens (tertiary/aromatic N) is 1. The zero-order valence-electron chi connectivity index (χ0n) is 15.8. The van der Waals surface area contributed by atoms with Gasteiger partial charge < -0.3 is 5.73 Å². The molecule has 1 atom stereocenters. The summed E-state index contributed by atoms with van der Waals surface area (Å²) in [5.74, 6) is -0.485. The van der Waals surface area contributed by atoms with Crippen LogP contribution in [-0.4, -0.2) is 42.0 Å². The highest BCUT2D eigenvalue weighted by Crippen LogP contribution is 2.22. The summed E-state index contributed by atoms with van der Waals surface area (Å²) in [7, 11) is 1.51. The number of benzene rings is 1. The Hall–Kier alpha value is -1.76. The zero-order chi connectivity index (χ0) is 18.9. The summed E-state index contributed by atoms with van der Waals surface area (Å²) in [6, 6.07) is 6.62. The maximum Gasteiger partial charge on any atom is 0.261 e. The largest absolute Gasteiger partial charge is 0.326 e. The number of carbonyl (C=O) groups excluding carboxylic acids is 2. The van der Waals surface area contributed by atoms with Gasteiger partial charge in [0.15, 0.2) is 0 Å². The molecule has 138 valence electrons. The molecular weight excluding hydrogens is 308 g/mol. The van der Waals surface area contributed by atoms with E-state index >= 15 is 0 Å². The van der Waals surface area contributed by atoms with Gasteiger partial charge in [0.1, 0.15) is 0 Å². The molecule has 6 nitrogen and oxygen atoms in total. The Morgan fingerprint density at radius 2 is 1.54 bits per heavy atom. The summed E-state index contributed by atoms with van der Waals surface area (Å²) < 4.78 is 0. The van der Waals surface area contributed by atoms with E-state index in [4.69, 9.17) is 10.6 Å². The number of amides is 2. The summed E-state index contributed by atoms with van der Waals surface area (Å²) in [4.78, 5) is 33.9. The first-order valence-corrected chi connectivity index (χ1v) is 8.10. The minimum atomic E-state index is -0.243. The van der Waals surface area contributed by atoms with Crippen LogP contribution in [0.1, 0.15) is 63.7 Å². The van der Waals surface area contributed by atoms with Crippen LogP contribution in [0.2, 0.25) is 0 Å². The van der Waals surface area contributed by atoms with Crippen LogP contribution in [0.5, 0.6) is 0 Å². The molecule has 2 N–H and O–H groups in total. The SMILES string of the molecule is CC.COOC(C)(C)C.C[C@H](N)CN1C(=O)c2ccccc2C1=O.[HH]. The Kier molecular flexibility index (Phi) is 9.43. The zero-order valence-corrected chi connectivity index (χ0v) is 15.8. The van der Waals surface area contributed by atoms with Gasteiger partial charge in [-0.2, -0.15) is 0 Å². The Bertz CT molecular complexity index is 507. The lowest BCUT2D eigenvalue weighted by Gasteiger charge is -2.15. The van der Waals surface area contributed by atoms with Crippen LogP contribution in [0.15, 0.2) is 24.3 Å². The fourth-order valence-electron chi connectivity index (χ4n) is 1.94. The van der Waals surface area contributed by atoms with Crippen molar-refractivity contribution in [1.29, 1.82) is 0 Å². The van der Waals surface area contributed by atoms with Crippen LogP contribution >= 0.6 is 0 Å². The second-order valence-electron chi connectivity index (χ2n) is 6.11. The van der Waals surface area contributed by atoms with Gasteiger partial charge in [-0.05, 0) is 39.8 Å². The molecule has 0 aliphatic carbocycles. The van der Waals surface area contributed by atoms with Gasteiger partial charge in [0.25, 0.3) is 11.8 Å². The molecule has 1 heterocycles. The van der Waals surface area contributed by atoms with Gasteiger partial charge in [0, 0.05) is 14.0 Å². The fraction of sp³-hybridized carbons (Fsp3) is 0.556. The predicted octanol–water partition coefficient (Wildman–Crippen LogP) is 3.26. The molecule has 0 aromatic heterocycles. The molecular formula is C18H32N2O4. The highest BCUT2D eigenvalue weighted by atomic mass is 17.2. The van der Waals surface area contributed by atoms with Crippen molar-refractivity contribution in [3.63, 3.8) is 0 Å². The maximum absolute atomic E-state index is 11.8. The molecule has 0 unspecified atom stereocenters. The topological polar surface area (TPSA) is 81.9 Å². The fourth-order valence-corrected chi connectivity index (χ4v) is 1.94. The highest BCUT2D eigenvalue weighted by molar-refractivity contribution is 6.21. The molecule has 0 spiro atoms. The molecule has 1 aromatic carbocycles. The van der Waals surface area contributed by atoms with Gasteiger partial charge in [-0.15, -0.1) is 0 Å². The first kappa shape index (κ1) is 22.2. The van der Waals surface area contributed by atoms with E-state index < -0.39 is 0 Å². The minimum absolute atomic E-state index is 0. The van der Waals surface area contributed by atoms with Crippen LogP contribution in [0.4, 0.5) is 0 Å². The number of fused-ring (bicyclic) bond motifs is 1. The summed E-state index contributed by atoms with van der Waals surface area (Å²) in [6.45, 7) is 11.8. The Morgan fingerprint density at radius 3 is 1.79 bits per heavy atom. The number of rotatable bonds is 3. The third-order valence-corrected chi connectivity index (χ3v) is 2.68. The number of hydrogen-bond donors (Lipinski definition) is 1. The van der Waals surface area contributed by atoms with Crippen LogP contribution in [-0.2, 0) is 9.78 Å². The van der Waals surface area contributed by atoms with Crippen molar-refractivity contribution < 1.29 is 20.8 Å².